The molecular weight excluding hydrogens is 208 g/mol. The second-order valence-electron chi connectivity index (χ2n) is 3.74. The molecule has 0 unspecified atom stereocenters. The van der Waals surface area contributed by atoms with Gasteiger partial charge in [-0.15, -0.1) is 0 Å². The third-order valence-electron chi connectivity index (χ3n) is 2.70. The molecule has 0 bridgehead atoms. The zero-order chi connectivity index (χ0) is 12.0. The van der Waals surface area contributed by atoms with Crippen molar-refractivity contribution in [2.24, 2.45) is 5.41 Å². The lowest BCUT2D eigenvalue weighted by atomic mass is 9.77. The van der Waals surface area contributed by atoms with Crippen LogP contribution in [-0.4, -0.2) is 25.2 Å². The summed E-state index contributed by atoms with van der Waals surface area (Å²) in [4.78, 5) is 23.8. The van der Waals surface area contributed by atoms with Crippen molar-refractivity contribution in [3.8, 4) is 0 Å². The number of hydrogen-bond acceptors (Lipinski definition) is 4. The van der Waals surface area contributed by atoms with Gasteiger partial charge in [0, 0.05) is 0 Å². The van der Waals surface area contributed by atoms with E-state index in [9.17, 15) is 9.59 Å². The van der Waals surface area contributed by atoms with E-state index >= 15 is 0 Å². The van der Waals surface area contributed by atoms with E-state index in [1.165, 1.54) is 0 Å². The Morgan fingerprint density at radius 3 is 2.06 bits per heavy atom. The predicted molar refractivity (Wildman–Crippen MR) is 58.7 cm³/mol. The maximum absolute atomic E-state index is 11.9. The van der Waals surface area contributed by atoms with Gasteiger partial charge in [0.25, 0.3) is 0 Å². The number of rotatable bonds is 4. The summed E-state index contributed by atoms with van der Waals surface area (Å²) in [7, 11) is 0. The Kier molecular flexibility index (Phi) is 4.52. The lowest BCUT2D eigenvalue weighted by molar-refractivity contribution is -0.172. The molecule has 1 aliphatic rings. The second kappa shape index (κ2) is 5.68. The first-order chi connectivity index (χ1) is 7.67. The van der Waals surface area contributed by atoms with E-state index in [0.29, 0.717) is 19.3 Å². The molecule has 0 atom stereocenters. The van der Waals surface area contributed by atoms with Crippen molar-refractivity contribution in [3.05, 3.63) is 12.2 Å². The first-order valence-electron chi connectivity index (χ1n) is 5.66. The van der Waals surface area contributed by atoms with Gasteiger partial charge in [-0.1, -0.05) is 12.2 Å². The summed E-state index contributed by atoms with van der Waals surface area (Å²) in [5.41, 5.74) is -1.11. The largest absolute Gasteiger partial charge is 0.465 e. The zero-order valence-corrected chi connectivity index (χ0v) is 9.82. The highest BCUT2D eigenvalue weighted by molar-refractivity contribution is 6.00. The average Bonchev–Trinajstić information content (AvgIpc) is 2.30. The highest BCUT2D eigenvalue weighted by Gasteiger charge is 2.48. The predicted octanol–water partition coefficient (Wildman–Crippen LogP) is 1.84. The van der Waals surface area contributed by atoms with Gasteiger partial charge in [0.2, 0.25) is 0 Å². The molecule has 0 aromatic rings. The van der Waals surface area contributed by atoms with Crippen molar-refractivity contribution >= 4 is 11.9 Å². The van der Waals surface area contributed by atoms with Crippen molar-refractivity contribution < 1.29 is 19.1 Å². The van der Waals surface area contributed by atoms with Gasteiger partial charge in [-0.2, -0.15) is 0 Å². The van der Waals surface area contributed by atoms with Gasteiger partial charge < -0.3 is 9.47 Å². The van der Waals surface area contributed by atoms with Crippen LogP contribution in [0.25, 0.3) is 0 Å². The molecule has 0 aromatic carbocycles. The van der Waals surface area contributed by atoms with Crippen LogP contribution in [-0.2, 0) is 19.1 Å². The number of hydrogen-bond donors (Lipinski definition) is 0. The van der Waals surface area contributed by atoms with Crippen LogP contribution in [0.2, 0.25) is 0 Å². The number of carbonyl (C=O) groups is 2. The fraction of sp³-hybridized carbons (Fsp3) is 0.667. The normalized spacial score (nSPS) is 17.9. The van der Waals surface area contributed by atoms with Crippen LogP contribution in [0.3, 0.4) is 0 Å². The summed E-state index contributed by atoms with van der Waals surface area (Å²) < 4.78 is 9.96. The molecule has 0 N–H and O–H groups in total. The summed E-state index contributed by atoms with van der Waals surface area (Å²) in [5, 5.41) is 0. The topological polar surface area (TPSA) is 52.6 Å². The molecule has 0 aromatic heterocycles. The zero-order valence-electron chi connectivity index (χ0n) is 9.82. The summed E-state index contributed by atoms with van der Waals surface area (Å²) in [6.07, 6.45) is 5.37. The molecule has 0 radical (unpaired) electrons. The summed E-state index contributed by atoms with van der Waals surface area (Å²) >= 11 is 0. The average molecular weight is 226 g/mol. The van der Waals surface area contributed by atoms with Crippen molar-refractivity contribution in [2.75, 3.05) is 13.2 Å². The van der Waals surface area contributed by atoms with E-state index in [2.05, 4.69) is 0 Å². The van der Waals surface area contributed by atoms with E-state index in [0.717, 1.165) is 0 Å². The molecule has 1 rings (SSSR count). The van der Waals surface area contributed by atoms with Gasteiger partial charge >= 0.3 is 11.9 Å². The molecule has 0 fully saturated rings. The van der Waals surface area contributed by atoms with Crippen LogP contribution in [0.4, 0.5) is 0 Å². The Morgan fingerprint density at radius 2 is 1.69 bits per heavy atom. The van der Waals surface area contributed by atoms with Gasteiger partial charge in [0.1, 0.15) is 0 Å². The van der Waals surface area contributed by atoms with Gasteiger partial charge in [-0.05, 0) is 33.1 Å². The molecule has 0 saturated carbocycles. The minimum Gasteiger partial charge on any atom is -0.465 e. The Bertz CT molecular complexity index is 275. The van der Waals surface area contributed by atoms with Gasteiger partial charge in [0.15, 0.2) is 5.41 Å². The summed E-state index contributed by atoms with van der Waals surface area (Å²) in [6.45, 7) is 4.03. The van der Waals surface area contributed by atoms with Crippen molar-refractivity contribution in [2.45, 2.75) is 33.1 Å². The summed E-state index contributed by atoms with van der Waals surface area (Å²) in [6, 6.07) is 0. The second-order valence-corrected chi connectivity index (χ2v) is 3.74. The van der Waals surface area contributed by atoms with Crippen molar-refractivity contribution in [1.29, 1.82) is 0 Å². The SMILES string of the molecule is CCOC(=O)C1(C(=O)OCC)CC=CCC1. The standard InChI is InChI=1S/C12H18O4/c1-3-15-10(13)12(11(14)16-4-2)8-6-5-7-9-12/h5-6H,3-4,7-9H2,1-2H3. The molecule has 16 heavy (non-hydrogen) atoms. The molecule has 0 amide bonds. The van der Waals surface area contributed by atoms with Crippen molar-refractivity contribution in [1.82, 2.24) is 0 Å². The lowest BCUT2D eigenvalue weighted by Crippen LogP contribution is -2.42. The van der Waals surface area contributed by atoms with E-state index in [1.807, 2.05) is 12.2 Å². The quantitative estimate of drug-likeness (QED) is 0.417. The fourth-order valence-corrected chi connectivity index (χ4v) is 1.83. The highest BCUT2D eigenvalue weighted by atomic mass is 16.6. The third-order valence-corrected chi connectivity index (χ3v) is 2.70. The fourth-order valence-electron chi connectivity index (χ4n) is 1.83. The molecule has 0 heterocycles. The summed E-state index contributed by atoms with van der Waals surface area (Å²) in [5.74, 6) is -0.921. The van der Waals surface area contributed by atoms with E-state index in [1.54, 1.807) is 13.8 Å². The minimum atomic E-state index is -1.11. The van der Waals surface area contributed by atoms with Crippen LogP contribution in [0, 0.1) is 5.41 Å². The smallest absolute Gasteiger partial charge is 0.323 e. The Hall–Kier alpha value is -1.32. The number of carbonyl (C=O) groups excluding carboxylic acids is 2. The Balaban J connectivity index is 2.87. The van der Waals surface area contributed by atoms with Crippen molar-refractivity contribution in [3.63, 3.8) is 0 Å². The van der Waals surface area contributed by atoms with Crippen LogP contribution in [0.1, 0.15) is 33.1 Å². The van der Waals surface area contributed by atoms with Gasteiger partial charge in [-0.3, -0.25) is 9.59 Å². The lowest BCUT2D eigenvalue weighted by Gasteiger charge is -2.29. The number of esters is 2. The Labute approximate surface area is 95.6 Å². The van der Waals surface area contributed by atoms with E-state index < -0.39 is 17.4 Å². The maximum atomic E-state index is 11.9. The molecule has 1 aliphatic carbocycles. The highest BCUT2D eigenvalue weighted by Crippen LogP contribution is 2.35. The van der Waals surface area contributed by atoms with Gasteiger partial charge in [-0.25, -0.2) is 0 Å². The maximum Gasteiger partial charge on any atom is 0.323 e. The number of allylic oxidation sites excluding steroid dienone is 2. The van der Waals surface area contributed by atoms with Gasteiger partial charge in [0.05, 0.1) is 13.2 Å². The molecular formula is C12H18O4. The number of ether oxygens (including phenoxy) is 2. The molecule has 0 saturated heterocycles. The van der Waals surface area contributed by atoms with E-state index in [4.69, 9.17) is 9.47 Å². The van der Waals surface area contributed by atoms with Crippen LogP contribution in [0.5, 0.6) is 0 Å². The molecule has 0 spiro atoms. The molecule has 4 heteroatoms. The van der Waals surface area contributed by atoms with E-state index in [-0.39, 0.29) is 13.2 Å². The molecule has 0 aliphatic heterocycles. The van der Waals surface area contributed by atoms with Crippen LogP contribution in [0.15, 0.2) is 12.2 Å². The molecule has 90 valence electrons. The first kappa shape index (κ1) is 12.7. The minimum absolute atomic E-state index is 0.281. The molecule has 4 nitrogen and oxygen atoms in total. The monoisotopic (exact) mass is 226 g/mol. The first-order valence-corrected chi connectivity index (χ1v) is 5.66. The van der Waals surface area contributed by atoms with Crippen LogP contribution >= 0.6 is 0 Å². The van der Waals surface area contributed by atoms with Crippen LogP contribution < -0.4 is 0 Å². The Morgan fingerprint density at radius 1 is 1.12 bits per heavy atom. The third kappa shape index (κ3) is 2.43.